The predicted octanol–water partition coefficient (Wildman–Crippen LogP) is 2.04. The van der Waals surface area contributed by atoms with Gasteiger partial charge in [0.05, 0.1) is 11.6 Å². The molecule has 16 heavy (non-hydrogen) atoms. The summed E-state index contributed by atoms with van der Waals surface area (Å²) in [7, 11) is 1.80. The molecule has 4 nitrogen and oxygen atoms in total. The van der Waals surface area contributed by atoms with Crippen LogP contribution in [0.5, 0.6) is 0 Å². The van der Waals surface area contributed by atoms with Crippen LogP contribution in [-0.2, 0) is 18.3 Å². The fraction of sp³-hybridized carbons (Fsp3) is 0.636. The highest BCUT2D eigenvalue weighted by Gasteiger charge is 2.37. The molecule has 1 N–H and O–H groups in total. The van der Waals surface area contributed by atoms with Crippen LogP contribution in [0, 0.1) is 18.8 Å². The highest BCUT2D eigenvalue weighted by molar-refractivity contribution is 6.30. The molecule has 0 aliphatic heterocycles. The molecular formula is C11H15ClN2O2. The molecule has 1 aliphatic rings. The van der Waals surface area contributed by atoms with Crippen LogP contribution in [0.15, 0.2) is 0 Å². The van der Waals surface area contributed by atoms with Gasteiger partial charge in [-0.2, -0.15) is 5.10 Å². The maximum atomic E-state index is 10.9. The summed E-state index contributed by atoms with van der Waals surface area (Å²) in [4.78, 5) is 10.9. The normalized spacial score (nSPS) is 24.2. The lowest BCUT2D eigenvalue weighted by molar-refractivity contribution is -0.147. The number of carboxylic acids is 1. The molecule has 0 saturated heterocycles. The third-order valence-corrected chi connectivity index (χ3v) is 3.94. The van der Waals surface area contributed by atoms with Crippen molar-refractivity contribution in [2.45, 2.75) is 26.2 Å². The fourth-order valence-corrected chi connectivity index (χ4v) is 2.56. The van der Waals surface area contributed by atoms with Gasteiger partial charge in [0.25, 0.3) is 0 Å². The Balaban J connectivity index is 2.12. The smallest absolute Gasteiger partial charge is 0.306 e. The second kappa shape index (κ2) is 4.09. The minimum atomic E-state index is -0.686. The van der Waals surface area contributed by atoms with Crippen molar-refractivity contribution in [1.82, 2.24) is 9.78 Å². The topological polar surface area (TPSA) is 55.1 Å². The van der Waals surface area contributed by atoms with E-state index < -0.39 is 5.97 Å². The summed E-state index contributed by atoms with van der Waals surface area (Å²) in [6.07, 6.45) is 2.49. The number of aryl methyl sites for hydroxylation is 2. The predicted molar refractivity (Wildman–Crippen MR) is 60.5 cm³/mol. The highest BCUT2D eigenvalue weighted by Crippen LogP contribution is 2.38. The van der Waals surface area contributed by atoms with Gasteiger partial charge in [-0.05, 0) is 32.1 Å². The van der Waals surface area contributed by atoms with Crippen LogP contribution in [0.1, 0.15) is 24.1 Å². The van der Waals surface area contributed by atoms with Crippen molar-refractivity contribution in [3.8, 4) is 0 Å². The van der Waals surface area contributed by atoms with E-state index in [2.05, 4.69) is 5.10 Å². The summed E-state index contributed by atoms with van der Waals surface area (Å²) in [6, 6.07) is 0. The number of rotatable bonds is 3. The molecule has 0 amide bonds. The zero-order chi connectivity index (χ0) is 11.9. The van der Waals surface area contributed by atoms with E-state index in [4.69, 9.17) is 16.7 Å². The van der Waals surface area contributed by atoms with E-state index in [1.54, 1.807) is 11.7 Å². The summed E-state index contributed by atoms with van der Waals surface area (Å²) >= 11 is 6.12. The molecule has 0 aromatic carbocycles. The molecule has 1 aromatic rings. The van der Waals surface area contributed by atoms with Crippen LogP contribution < -0.4 is 0 Å². The van der Waals surface area contributed by atoms with E-state index in [1.807, 2.05) is 6.92 Å². The average Bonchev–Trinajstić information content (AvgIpc) is 2.36. The van der Waals surface area contributed by atoms with Crippen molar-refractivity contribution < 1.29 is 9.90 Å². The lowest BCUT2D eigenvalue weighted by atomic mass is 9.71. The number of halogens is 1. The van der Waals surface area contributed by atoms with Crippen molar-refractivity contribution in [3.63, 3.8) is 0 Å². The van der Waals surface area contributed by atoms with Gasteiger partial charge in [-0.25, -0.2) is 0 Å². The van der Waals surface area contributed by atoms with Gasteiger partial charge in [0.15, 0.2) is 0 Å². The molecule has 1 saturated carbocycles. The van der Waals surface area contributed by atoms with Gasteiger partial charge in [0, 0.05) is 12.6 Å². The van der Waals surface area contributed by atoms with Crippen LogP contribution in [-0.4, -0.2) is 20.9 Å². The Morgan fingerprint density at radius 3 is 2.69 bits per heavy atom. The van der Waals surface area contributed by atoms with Crippen molar-refractivity contribution in [2.75, 3.05) is 0 Å². The largest absolute Gasteiger partial charge is 0.481 e. The Hall–Kier alpha value is -1.03. The Kier molecular flexibility index (Phi) is 2.93. The maximum Gasteiger partial charge on any atom is 0.306 e. The lowest BCUT2D eigenvalue weighted by Gasteiger charge is -2.33. The number of hydrogen-bond donors (Lipinski definition) is 1. The standard InChI is InChI=1S/C11H15ClN2O2/c1-6-9(10(12)14(2)13-6)5-7-3-4-8(7)11(15)16/h7-8H,3-5H2,1-2H3,(H,15,16). The molecule has 0 spiro atoms. The Labute approximate surface area is 99.2 Å². The third-order valence-electron chi connectivity index (χ3n) is 3.47. The molecule has 0 radical (unpaired) electrons. The number of nitrogens with zero attached hydrogens (tertiary/aromatic N) is 2. The van der Waals surface area contributed by atoms with Crippen LogP contribution in [0.4, 0.5) is 0 Å². The second-order valence-corrected chi connectivity index (χ2v) is 4.82. The first-order valence-electron chi connectivity index (χ1n) is 5.41. The Bertz CT molecular complexity index is 428. The monoisotopic (exact) mass is 242 g/mol. The first-order chi connectivity index (χ1) is 7.50. The highest BCUT2D eigenvalue weighted by atomic mass is 35.5. The molecule has 2 unspecified atom stereocenters. The number of carboxylic acid groups (broad SMARTS) is 1. The number of hydrogen-bond acceptors (Lipinski definition) is 2. The molecule has 0 bridgehead atoms. The van der Waals surface area contributed by atoms with E-state index in [0.717, 1.165) is 30.5 Å². The van der Waals surface area contributed by atoms with Gasteiger partial charge in [0.2, 0.25) is 0 Å². The van der Waals surface area contributed by atoms with Gasteiger partial charge >= 0.3 is 5.97 Å². The zero-order valence-corrected chi connectivity index (χ0v) is 10.2. The van der Waals surface area contributed by atoms with Gasteiger partial charge in [-0.1, -0.05) is 11.6 Å². The molecule has 1 fully saturated rings. The summed E-state index contributed by atoms with van der Waals surface area (Å²) in [5.74, 6) is -0.664. The van der Waals surface area contributed by atoms with Gasteiger partial charge in [-0.3, -0.25) is 9.48 Å². The molecule has 1 heterocycles. The van der Waals surface area contributed by atoms with Gasteiger partial charge < -0.3 is 5.11 Å². The zero-order valence-electron chi connectivity index (χ0n) is 9.40. The van der Waals surface area contributed by atoms with E-state index in [0.29, 0.717) is 5.15 Å². The van der Waals surface area contributed by atoms with Crippen molar-refractivity contribution in [1.29, 1.82) is 0 Å². The van der Waals surface area contributed by atoms with E-state index in [9.17, 15) is 4.79 Å². The van der Waals surface area contributed by atoms with E-state index in [-0.39, 0.29) is 11.8 Å². The van der Waals surface area contributed by atoms with Crippen LogP contribution in [0.25, 0.3) is 0 Å². The first kappa shape index (κ1) is 11.5. The van der Waals surface area contributed by atoms with Crippen LogP contribution >= 0.6 is 11.6 Å². The van der Waals surface area contributed by atoms with Gasteiger partial charge in [0.1, 0.15) is 5.15 Å². The summed E-state index contributed by atoms with van der Waals surface area (Å²) in [6.45, 7) is 1.91. The lowest BCUT2D eigenvalue weighted by Crippen LogP contribution is -2.34. The Morgan fingerprint density at radius 2 is 2.31 bits per heavy atom. The van der Waals surface area contributed by atoms with E-state index >= 15 is 0 Å². The summed E-state index contributed by atoms with van der Waals surface area (Å²) in [5, 5.41) is 13.8. The second-order valence-electron chi connectivity index (χ2n) is 4.46. The first-order valence-corrected chi connectivity index (χ1v) is 5.79. The number of aliphatic carboxylic acids is 1. The van der Waals surface area contributed by atoms with Gasteiger partial charge in [-0.15, -0.1) is 0 Å². The molecule has 5 heteroatoms. The summed E-state index contributed by atoms with van der Waals surface area (Å²) in [5.41, 5.74) is 1.91. The molecular weight excluding hydrogens is 228 g/mol. The average molecular weight is 243 g/mol. The summed E-state index contributed by atoms with van der Waals surface area (Å²) < 4.78 is 1.64. The third kappa shape index (κ3) is 1.82. The minimum Gasteiger partial charge on any atom is -0.481 e. The van der Waals surface area contributed by atoms with E-state index in [1.165, 1.54) is 0 Å². The maximum absolute atomic E-state index is 10.9. The molecule has 1 aliphatic carbocycles. The van der Waals surface area contributed by atoms with Crippen molar-refractivity contribution in [3.05, 3.63) is 16.4 Å². The fourth-order valence-electron chi connectivity index (χ4n) is 2.31. The molecule has 2 atom stereocenters. The molecule has 88 valence electrons. The van der Waals surface area contributed by atoms with Crippen LogP contribution in [0.3, 0.4) is 0 Å². The van der Waals surface area contributed by atoms with Crippen molar-refractivity contribution in [2.24, 2.45) is 18.9 Å². The number of carbonyl (C=O) groups is 1. The van der Waals surface area contributed by atoms with Crippen molar-refractivity contribution >= 4 is 17.6 Å². The van der Waals surface area contributed by atoms with Crippen LogP contribution in [0.2, 0.25) is 5.15 Å². The molecule has 2 rings (SSSR count). The minimum absolute atomic E-state index is 0.198. The number of aromatic nitrogens is 2. The quantitative estimate of drug-likeness (QED) is 0.883. The Morgan fingerprint density at radius 1 is 1.62 bits per heavy atom. The molecule has 1 aromatic heterocycles. The SMILES string of the molecule is Cc1nn(C)c(Cl)c1CC1CCC1C(=O)O.